The molecule has 8 heteroatoms. The number of benzene rings is 2. The van der Waals surface area contributed by atoms with E-state index in [0.717, 1.165) is 11.4 Å². The van der Waals surface area contributed by atoms with Crippen LogP contribution in [-0.4, -0.2) is 36.1 Å². The summed E-state index contributed by atoms with van der Waals surface area (Å²) in [6.45, 7) is 1.77. The molecule has 148 valence electrons. The molecule has 0 saturated heterocycles. The monoisotopic (exact) mass is 392 g/mol. The van der Waals surface area contributed by atoms with Gasteiger partial charge < -0.3 is 20.1 Å². The van der Waals surface area contributed by atoms with Gasteiger partial charge in [-0.1, -0.05) is 6.07 Å². The maximum Gasteiger partial charge on any atom is 0.337 e. The van der Waals surface area contributed by atoms with Crippen molar-refractivity contribution in [3.63, 3.8) is 0 Å². The number of anilines is 3. The van der Waals surface area contributed by atoms with Crippen LogP contribution in [0.5, 0.6) is 5.75 Å². The van der Waals surface area contributed by atoms with E-state index >= 15 is 0 Å². The van der Waals surface area contributed by atoms with E-state index in [2.05, 4.69) is 20.6 Å². The largest absolute Gasteiger partial charge is 0.497 e. The molecule has 8 nitrogen and oxygen atoms in total. The SMILES string of the molecule is COC(=O)c1cccc(NC(=O)c2cc(C)nc(Nc3ccc(OC)cc3)n2)c1. The smallest absolute Gasteiger partial charge is 0.337 e. The first kappa shape index (κ1) is 19.8. The lowest BCUT2D eigenvalue weighted by Crippen LogP contribution is -2.16. The Kier molecular flexibility index (Phi) is 6.03. The van der Waals surface area contributed by atoms with Crippen LogP contribution in [-0.2, 0) is 4.74 Å². The minimum atomic E-state index is -0.482. The molecule has 0 spiro atoms. The lowest BCUT2D eigenvalue weighted by molar-refractivity contribution is 0.0600. The van der Waals surface area contributed by atoms with Crippen molar-refractivity contribution in [2.75, 3.05) is 24.9 Å². The second kappa shape index (κ2) is 8.83. The number of methoxy groups -OCH3 is 2. The number of carbonyl (C=O) groups is 2. The molecule has 0 bridgehead atoms. The van der Waals surface area contributed by atoms with Gasteiger partial charge in [-0.2, -0.15) is 0 Å². The molecular weight excluding hydrogens is 372 g/mol. The molecule has 0 aliphatic heterocycles. The molecule has 0 atom stereocenters. The summed E-state index contributed by atoms with van der Waals surface area (Å²) in [4.78, 5) is 32.9. The number of nitrogens with zero attached hydrogens (tertiary/aromatic N) is 2. The average Bonchev–Trinajstić information content (AvgIpc) is 2.73. The minimum absolute atomic E-state index is 0.192. The minimum Gasteiger partial charge on any atom is -0.497 e. The zero-order valence-corrected chi connectivity index (χ0v) is 16.2. The van der Waals surface area contributed by atoms with Gasteiger partial charge in [0, 0.05) is 17.1 Å². The first-order valence-corrected chi connectivity index (χ1v) is 8.75. The second-order valence-corrected chi connectivity index (χ2v) is 6.10. The molecule has 0 fully saturated rings. The summed E-state index contributed by atoms with van der Waals surface area (Å²) in [7, 11) is 2.90. The van der Waals surface area contributed by atoms with Crippen LogP contribution in [0.3, 0.4) is 0 Å². The van der Waals surface area contributed by atoms with Crippen molar-refractivity contribution >= 4 is 29.2 Å². The third kappa shape index (κ3) is 5.07. The zero-order chi connectivity index (χ0) is 20.8. The number of aromatic nitrogens is 2. The van der Waals surface area contributed by atoms with E-state index in [1.165, 1.54) is 13.2 Å². The molecule has 0 radical (unpaired) electrons. The van der Waals surface area contributed by atoms with Crippen molar-refractivity contribution in [2.24, 2.45) is 0 Å². The Balaban J connectivity index is 1.78. The molecule has 2 N–H and O–H groups in total. The van der Waals surface area contributed by atoms with Crippen LogP contribution < -0.4 is 15.4 Å². The van der Waals surface area contributed by atoms with Crippen LogP contribution in [0, 0.1) is 6.92 Å². The van der Waals surface area contributed by atoms with E-state index in [0.29, 0.717) is 22.9 Å². The number of nitrogens with one attached hydrogen (secondary N) is 2. The third-order valence-corrected chi connectivity index (χ3v) is 3.97. The number of rotatable bonds is 6. The molecule has 2 aromatic carbocycles. The van der Waals surface area contributed by atoms with Gasteiger partial charge >= 0.3 is 5.97 Å². The van der Waals surface area contributed by atoms with Crippen LogP contribution in [0.4, 0.5) is 17.3 Å². The fourth-order valence-corrected chi connectivity index (χ4v) is 2.58. The van der Waals surface area contributed by atoms with Crippen LogP contribution >= 0.6 is 0 Å². The van der Waals surface area contributed by atoms with Crippen molar-refractivity contribution in [1.82, 2.24) is 9.97 Å². The Bertz CT molecular complexity index is 1040. The van der Waals surface area contributed by atoms with Gasteiger partial charge in [0.1, 0.15) is 11.4 Å². The Morgan fingerprint density at radius 3 is 2.38 bits per heavy atom. The van der Waals surface area contributed by atoms with Crippen molar-refractivity contribution < 1.29 is 19.1 Å². The second-order valence-electron chi connectivity index (χ2n) is 6.10. The van der Waals surface area contributed by atoms with Gasteiger partial charge in [-0.25, -0.2) is 14.8 Å². The summed E-state index contributed by atoms with van der Waals surface area (Å²) in [6, 6.07) is 15.3. The molecule has 0 unspecified atom stereocenters. The number of esters is 1. The molecule has 1 aromatic heterocycles. The Hall–Kier alpha value is -3.94. The maximum absolute atomic E-state index is 12.6. The van der Waals surface area contributed by atoms with E-state index in [-0.39, 0.29) is 5.69 Å². The number of ether oxygens (including phenoxy) is 2. The Labute approximate surface area is 167 Å². The van der Waals surface area contributed by atoms with E-state index in [4.69, 9.17) is 9.47 Å². The summed E-state index contributed by atoms with van der Waals surface area (Å²) >= 11 is 0. The lowest BCUT2D eigenvalue weighted by Gasteiger charge is -2.10. The van der Waals surface area contributed by atoms with Gasteiger partial charge in [-0.3, -0.25) is 4.79 Å². The van der Waals surface area contributed by atoms with Gasteiger partial charge in [0.15, 0.2) is 0 Å². The van der Waals surface area contributed by atoms with Gasteiger partial charge in [0.05, 0.1) is 19.8 Å². The molecular formula is C21H20N4O4. The first-order chi connectivity index (χ1) is 14.0. The van der Waals surface area contributed by atoms with Crippen LogP contribution in [0.1, 0.15) is 26.5 Å². The quantitative estimate of drug-likeness (QED) is 0.618. The zero-order valence-electron chi connectivity index (χ0n) is 16.2. The van der Waals surface area contributed by atoms with Gasteiger partial charge in [-0.05, 0) is 55.5 Å². The number of carbonyl (C=O) groups excluding carboxylic acids is 2. The molecule has 1 heterocycles. The highest BCUT2D eigenvalue weighted by molar-refractivity contribution is 6.03. The number of aryl methyl sites for hydroxylation is 1. The van der Waals surface area contributed by atoms with E-state index in [1.807, 2.05) is 12.1 Å². The molecule has 0 saturated carbocycles. The fraction of sp³-hybridized carbons (Fsp3) is 0.143. The summed E-state index contributed by atoms with van der Waals surface area (Å²) < 4.78 is 9.83. The highest BCUT2D eigenvalue weighted by atomic mass is 16.5. The van der Waals surface area contributed by atoms with Gasteiger partial charge in [0.2, 0.25) is 5.95 Å². The molecule has 29 heavy (non-hydrogen) atoms. The van der Waals surface area contributed by atoms with Gasteiger partial charge in [0.25, 0.3) is 5.91 Å². The normalized spacial score (nSPS) is 10.2. The van der Waals surface area contributed by atoms with Crippen molar-refractivity contribution in [3.05, 3.63) is 71.5 Å². The van der Waals surface area contributed by atoms with E-state index < -0.39 is 11.9 Å². The molecule has 3 rings (SSSR count). The number of amides is 1. The van der Waals surface area contributed by atoms with Crippen molar-refractivity contribution in [2.45, 2.75) is 6.92 Å². The standard InChI is InChI=1S/C21H20N4O4/c1-13-11-18(19(26)23-16-6-4-5-14(12-16)20(27)29-3)25-21(22-13)24-15-7-9-17(28-2)10-8-15/h4-12H,1-3H3,(H,23,26)(H,22,24,25). The van der Waals surface area contributed by atoms with E-state index in [1.54, 1.807) is 50.4 Å². The predicted octanol–water partition coefficient (Wildman–Crippen LogP) is 3.58. The topological polar surface area (TPSA) is 102 Å². The van der Waals surface area contributed by atoms with Crippen molar-refractivity contribution in [1.29, 1.82) is 0 Å². The summed E-state index contributed by atoms with van der Waals surface area (Å²) in [6.07, 6.45) is 0. The third-order valence-electron chi connectivity index (χ3n) is 3.97. The Morgan fingerprint density at radius 2 is 1.69 bits per heavy atom. The predicted molar refractivity (Wildman–Crippen MR) is 109 cm³/mol. The van der Waals surface area contributed by atoms with Crippen LogP contribution in [0.15, 0.2) is 54.6 Å². The van der Waals surface area contributed by atoms with Gasteiger partial charge in [-0.15, -0.1) is 0 Å². The van der Waals surface area contributed by atoms with Crippen LogP contribution in [0.25, 0.3) is 0 Å². The highest BCUT2D eigenvalue weighted by Gasteiger charge is 2.13. The number of hydrogen-bond donors (Lipinski definition) is 2. The van der Waals surface area contributed by atoms with Crippen LogP contribution in [0.2, 0.25) is 0 Å². The maximum atomic E-state index is 12.6. The van der Waals surface area contributed by atoms with E-state index in [9.17, 15) is 9.59 Å². The van der Waals surface area contributed by atoms with Crippen molar-refractivity contribution in [3.8, 4) is 5.75 Å². The average molecular weight is 392 g/mol. The molecule has 0 aliphatic rings. The molecule has 3 aromatic rings. The number of hydrogen-bond acceptors (Lipinski definition) is 7. The first-order valence-electron chi connectivity index (χ1n) is 8.75. The summed E-state index contributed by atoms with van der Waals surface area (Å²) in [5.74, 6) is 0.124. The lowest BCUT2D eigenvalue weighted by atomic mass is 10.2. The molecule has 0 aliphatic carbocycles. The molecule has 1 amide bonds. The summed E-state index contributed by atoms with van der Waals surface area (Å²) in [5.41, 5.74) is 2.37. The fourth-order valence-electron chi connectivity index (χ4n) is 2.58. The highest BCUT2D eigenvalue weighted by Crippen LogP contribution is 2.19. The Morgan fingerprint density at radius 1 is 0.931 bits per heavy atom. The summed E-state index contributed by atoms with van der Waals surface area (Å²) in [5, 5.41) is 5.80.